The maximum absolute atomic E-state index is 12.9. The van der Waals surface area contributed by atoms with Crippen molar-refractivity contribution >= 4 is 52.4 Å². The van der Waals surface area contributed by atoms with Crippen molar-refractivity contribution in [2.75, 3.05) is 10.2 Å². The highest BCUT2D eigenvalue weighted by Gasteiger charge is 2.59. The molecule has 4 atom stereocenters. The molecule has 0 aromatic heterocycles. The molecule has 31 heavy (non-hydrogen) atoms. The Bertz CT molecular complexity index is 1090. The Balaban J connectivity index is 1.21. The third-order valence-electron chi connectivity index (χ3n) is 6.30. The molecule has 2 bridgehead atoms. The number of rotatable bonds is 4. The molecule has 2 aliphatic carbocycles. The lowest BCUT2D eigenvalue weighted by Gasteiger charge is -2.17. The van der Waals surface area contributed by atoms with E-state index < -0.39 is 6.03 Å². The van der Waals surface area contributed by atoms with Gasteiger partial charge in [0.1, 0.15) is 0 Å². The minimum absolute atomic E-state index is 0.100. The molecule has 1 heterocycles. The molecular weight excluding hydrogens is 437 g/mol. The van der Waals surface area contributed by atoms with E-state index in [1.807, 2.05) is 0 Å². The number of fused-ring (bicyclic) bond motifs is 5. The number of amides is 4. The van der Waals surface area contributed by atoms with Crippen molar-refractivity contribution in [3.63, 3.8) is 0 Å². The quantitative estimate of drug-likeness (QED) is 0.521. The maximum atomic E-state index is 12.9. The number of carbonyl (C=O) groups excluding carboxylic acids is 3. The zero-order valence-electron chi connectivity index (χ0n) is 16.3. The molecule has 2 aromatic rings. The summed E-state index contributed by atoms with van der Waals surface area (Å²) in [5.74, 6) is -0.256. The summed E-state index contributed by atoms with van der Waals surface area (Å²) < 4.78 is 0. The van der Waals surface area contributed by atoms with Crippen LogP contribution in [-0.4, -0.2) is 17.8 Å². The second-order valence-electron chi connectivity index (χ2n) is 8.11. The Morgan fingerprint density at radius 1 is 0.968 bits per heavy atom. The first-order chi connectivity index (χ1) is 14.9. The summed E-state index contributed by atoms with van der Waals surface area (Å²) in [6.07, 6.45) is 5.07. The summed E-state index contributed by atoms with van der Waals surface area (Å²) in [6, 6.07) is 11.5. The Morgan fingerprint density at radius 2 is 1.61 bits per heavy atom. The first-order valence-corrected chi connectivity index (χ1v) is 10.8. The topological polar surface area (TPSA) is 78.5 Å². The van der Waals surface area contributed by atoms with Gasteiger partial charge in [0.15, 0.2) is 0 Å². The van der Waals surface area contributed by atoms with Gasteiger partial charge in [0, 0.05) is 11.6 Å². The van der Waals surface area contributed by atoms with Crippen LogP contribution in [-0.2, 0) is 16.1 Å². The van der Waals surface area contributed by atoms with Crippen LogP contribution in [0.5, 0.6) is 0 Å². The number of hydrogen-bond acceptors (Lipinski definition) is 3. The van der Waals surface area contributed by atoms with Crippen molar-refractivity contribution in [2.45, 2.75) is 13.0 Å². The minimum atomic E-state index is -0.408. The molecule has 1 saturated heterocycles. The number of imide groups is 1. The molecule has 2 N–H and O–H groups in total. The number of hydrogen-bond donors (Lipinski definition) is 2. The molecule has 1 saturated carbocycles. The van der Waals surface area contributed by atoms with Gasteiger partial charge in [-0.05, 0) is 54.2 Å². The lowest BCUT2D eigenvalue weighted by atomic mass is 9.85. The normalized spacial score (nSPS) is 25.8. The van der Waals surface area contributed by atoms with E-state index in [1.54, 1.807) is 42.5 Å². The molecule has 5 rings (SSSR count). The first-order valence-electron chi connectivity index (χ1n) is 10.1. The fraction of sp³-hybridized carbons (Fsp3) is 0.261. The van der Waals surface area contributed by atoms with Crippen LogP contribution in [0.1, 0.15) is 12.0 Å². The number of nitrogens with zero attached hydrogens (tertiary/aromatic N) is 1. The molecule has 2 fully saturated rings. The zero-order chi connectivity index (χ0) is 21.7. The number of anilines is 2. The van der Waals surface area contributed by atoms with Gasteiger partial charge in [-0.2, -0.15) is 0 Å². The number of urea groups is 1. The summed E-state index contributed by atoms with van der Waals surface area (Å²) in [6.45, 7) is 0.276. The van der Waals surface area contributed by atoms with Crippen molar-refractivity contribution in [3.8, 4) is 0 Å². The SMILES string of the molecule is O=C(NCc1ccc(N2C(=O)C3C4C=CC(C4)C3C2=O)cc1)Nc1ccc(Cl)cc1Cl. The molecule has 1 aliphatic heterocycles. The third kappa shape index (κ3) is 3.50. The number of carbonyl (C=O) groups is 3. The molecule has 2 aromatic carbocycles. The number of allylic oxidation sites excluding steroid dienone is 2. The predicted octanol–water partition coefficient (Wildman–Crippen LogP) is 4.63. The summed E-state index contributed by atoms with van der Waals surface area (Å²) in [5, 5.41) is 6.25. The lowest BCUT2D eigenvalue weighted by Crippen LogP contribution is -2.32. The summed E-state index contributed by atoms with van der Waals surface area (Å²) >= 11 is 11.9. The van der Waals surface area contributed by atoms with Crippen LogP contribution in [0.25, 0.3) is 0 Å². The highest BCUT2D eigenvalue weighted by molar-refractivity contribution is 6.36. The zero-order valence-corrected chi connectivity index (χ0v) is 17.9. The van der Waals surface area contributed by atoms with Crippen molar-refractivity contribution in [1.82, 2.24) is 5.32 Å². The number of benzene rings is 2. The number of halogens is 2. The molecular formula is C23H19Cl2N3O3. The third-order valence-corrected chi connectivity index (χ3v) is 6.85. The van der Waals surface area contributed by atoms with Crippen LogP contribution in [0.4, 0.5) is 16.2 Å². The van der Waals surface area contributed by atoms with Crippen LogP contribution in [0.15, 0.2) is 54.6 Å². The summed E-state index contributed by atoms with van der Waals surface area (Å²) in [4.78, 5) is 39.3. The van der Waals surface area contributed by atoms with Crippen molar-refractivity contribution in [2.24, 2.45) is 23.7 Å². The van der Waals surface area contributed by atoms with E-state index in [4.69, 9.17) is 23.2 Å². The molecule has 0 radical (unpaired) electrons. The average molecular weight is 456 g/mol. The molecule has 8 heteroatoms. The van der Waals surface area contributed by atoms with E-state index in [2.05, 4.69) is 22.8 Å². The molecule has 4 amide bonds. The van der Waals surface area contributed by atoms with E-state index >= 15 is 0 Å². The van der Waals surface area contributed by atoms with Gasteiger partial charge in [-0.1, -0.05) is 47.5 Å². The maximum Gasteiger partial charge on any atom is 0.319 e. The van der Waals surface area contributed by atoms with Gasteiger partial charge in [-0.3, -0.25) is 14.5 Å². The first kappa shape index (κ1) is 20.1. The average Bonchev–Trinajstić information content (AvgIpc) is 3.43. The predicted molar refractivity (Wildman–Crippen MR) is 119 cm³/mol. The van der Waals surface area contributed by atoms with Crippen LogP contribution in [0.2, 0.25) is 10.0 Å². The second-order valence-corrected chi connectivity index (χ2v) is 8.95. The van der Waals surface area contributed by atoms with Crippen molar-refractivity contribution in [1.29, 1.82) is 0 Å². The number of nitrogens with one attached hydrogen (secondary N) is 2. The van der Waals surface area contributed by atoms with Gasteiger partial charge in [-0.15, -0.1) is 0 Å². The van der Waals surface area contributed by atoms with Crippen LogP contribution in [0, 0.1) is 23.7 Å². The Hall–Kier alpha value is -2.83. The van der Waals surface area contributed by atoms with Gasteiger partial charge in [0.05, 0.1) is 28.2 Å². The molecule has 4 unspecified atom stereocenters. The summed E-state index contributed by atoms with van der Waals surface area (Å²) in [5.41, 5.74) is 1.87. The highest BCUT2D eigenvalue weighted by atomic mass is 35.5. The molecule has 3 aliphatic rings. The van der Waals surface area contributed by atoms with Gasteiger partial charge in [0.2, 0.25) is 11.8 Å². The largest absolute Gasteiger partial charge is 0.334 e. The smallest absolute Gasteiger partial charge is 0.319 e. The van der Waals surface area contributed by atoms with E-state index in [-0.39, 0.29) is 42.0 Å². The van der Waals surface area contributed by atoms with E-state index in [0.29, 0.717) is 21.4 Å². The molecule has 0 spiro atoms. The monoisotopic (exact) mass is 455 g/mol. The molecule has 6 nitrogen and oxygen atoms in total. The van der Waals surface area contributed by atoms with Crippen LogP contribution < -0.4 is 15.5 Å². The Labute approximate surface area is 189 Å². The van der Waals surface area contributed by atoms with E-state index in [0.717, 1.165) is 12.0 Å². The van der Waals surface area contributed by atoms with E-state index in [1.165, 1.54) is 4.90 Å². The van der Waals surface area contributed by atoms with Gasteiger partial charge >= 0.3 is 6.03 Å². The highest BCUT2D eigenvalue weighted by Crippen LogP contribution is 2.53. The fourth-order valence-corrected chi connectivity index (χ4v) is 5.32. The van der Waals surface area contributed by atoms with Crippen LogP contribution in [0.3, 0.4) is 0 Å². The van der Waals surface area contributed by atoms with Crippen LogP contribution >= 0.6 is 23.2 Å². The lowest BCUT2D eigenvalue weighted by molar-refractivity contribution is -0.123. The van der Waals surface area contributed by atoms with Crippen molar-refractivity contribution in [3.05, 3.63) is 70.2 Å². The van der Waals surface area contributed by atoms with E-state index in [9.17, 15) is 14.4 Å². The van der Waals surface area contributed by atoms with Gasteiger partial charge in [0.25, 0.3) is 0 Å². The molecule has 158 valence electrons. The Morgan fingerprint density at radius 3 is 2.23 bits per heavy atom. The second kappa shape index (κ2) is 7.70. The minimum Gasteiger partial charge on any atom is -0.334 e. The van der Waals surface area contributed by atoms with Crippen molar-refractivity contribution < 1.29 is 14.4 Å². The standard InChI is InChI=1S/C23H19Cl2N3O3/c24-15-5-8-18(17(25)10-15)27-23(31)26-11-12-1-6-16(7-2-12)28-21(29)19-13-3-4-14(9-13)20(19)22(28)30/h1-8,10,13-14,19-20H,9,11H2,(H2,26,27,31). The fourth-order valence-electron chi connectivity index (χ4n) is 4.86. The van der Waals surface area contributed by atoms with Gasteiger partial charge in [-0.25, -0.2) is 4.79 Å². The summed E-state index contributed by atoms with van der Waals surface area (Å²) in [7, 11) is 0. The van der Waals surface area contributed by atoms with Gasteiger partial charge < -0.3 is 10.6 Å². The Kier molecular flexibility index (Phi) is 4.99.